The summed E-state index contributed by atoms with van der Waals surface area (Å²) in [7, 11) is 1.63. The summed E-state index contributed by atoms with van der Waals surface area (Å²) in [5, 5.41) is 17.9. The molecule has 7 nitrogen and oxygen atoms in total. The Balaban J connectivity index is 1.48. The van der Waals surface area contributed by atoms with Crippen molar-refractivity contribution in [3.8, 4) is 11.5 Å². The Bertz CT molecular complexity index is 590. The summed E-state index contributed by atoms with van der Waals surface area (Å²) in [5.41, 5.74) is 0. The van der Waals surface area contributed by atoms with E-state index in [1.807, 2.05) is 24.3 Å². The van der Waals surface area contributed by atoms with Crippen LogP contribution in [0.3, 0.4) is 0 Å². The molecule has 1 aromatic carbocycles. The summed E-state index contributed by atoms with van der Waals surface area (Å²) in [4.78, 5) is 2.16. The van der Waals surface area contributed by atoms with Crippen LogP contribution in [0.15, 0.2) is 36.7 Å². The molecule has 1 N–H and O–H groups in total. The maximum absolute atomic E-state index is 10.1. The maximum atomic E-state index is 10.1. The summed E-state index contributed by atoms with van der Waals surface area (Å²) in [6.07, 6.45) is 2.98. The summed E-state index contributed by atoms with van der Waals surface area (Å²) in [5.74, 6) is 1.56. The molecule has 2 aromatic rings. The van der Waals surface area contributed by atoms with Gasteiger partial charge in [0.1, 0.15) is 18.1 Å². The van der Waals surface area contributed by atoms with Crippen molar-refractivity contribution in [2.24, 2.45) is 0 Å². The predicted molar refractivity (Wildman–Crippen MR) is 80.0 cm³/mol. The van der Waals surface area contributed by atoms with Crippen LogP contribution >= 0.6 is 0 Å². The molecule has 7 heteroatoms. The minimum absolute atomic E-state index is 0.0423. The van der Waals surface area contributed by atoms with Crippen LogP contribution in [-0.2, 0) is 0 Å². The van der Waals surface area contributed by atoms with E-state index in [1.54, 1.807) is 24.2 Å². The highest BCUT2D eigenvalue weighted by Gasteiger charge is 2.32. The van der Waals surface area contributed by atoms with Gasteiger partial charge in [0, 0.05) is 31.9 Å². The van der Waals surface area contributed by atoms with Crippen molar-refractivity contribution < 1.29 is 14.6 Å². The van der Waals surface area contributed by atoms with E-state index >= 15 is 0 Å². The number of aliphatic hydroxyl groups is 1. The Labute approximate surface area is 129 Å². The van der Waals surface area contributed by atoms with Crippen LogP contribution < -0.4 is 9.47 Å². The van der Waals surface area contributed by atoms with E-state index < -0.39 is 6.10 Å². The first-order valence-corrected chi connectivity index (χ1v) is 7.29. The van der Waals surface area contributed by atoms with Gasteiger partial charge in [0.25, 0.3) is 0 Å². The van der Waals surface area contributed by atoms with Gasteiger partial charge in [0.05, 0.1) is 25.5 Å². The van der Waals surface area contributed by atoms with Gasteiger partial charge >= 0.3 is 0 Å². The molecule has 0 unspecified atom stereocenters. The zero-order valence-electron chi connectivity index (χ0n) is 12.5. The number of benzene rings is 1. The molecular weight excluding hydrogens is 284 g/mol. The quantitative estimate of drug-likeness (QED) is 0.842. The highest BCUT2D eigenvalue weighted by molar-refractivity contribution is 5.32. The Hall–Kier alpha value is -2.12. The molecular formula is C15H20N4O3. The minimum atomic E-state index is -0.432. The highest BCUT2D eigenvalue weighted by Crippen LogP contribution is 2.22. The van der Waals surface area contributed by atoms with E-state index in [0.717, 1.165) is 24.6 Å². The fraction of sp³-hybridized carbons (Fsp3) is 0.467. The maximum Gasteiger partial charge on any atom is 0.123 e. The number of aliphatic hydroxyl groups excluding tert-OH is 1. The molecule has 2 atom stereocenters. The molecule has 1 fully saturated rings. The lowest BCUT2D eigenvalue weighted by Crippen LogP contribution is -2.27. The standard InChI is InChI=1S/C15H20N4O3/c1-21-12-3-2-4-13(9-12)22-8-7-18-10-14(15(20)11-18)19-6-5-16-17-19/h2-6,9,14-15,20H,7-8,10-11H2,1H3/t14-,15-/m1/s1. The van der Waals surface area contributed by atoms with Gasteiger partial charge in [-0.1, -0.05) is 11.3 Å². The van der Waals surface area contributed by atoms with Crippen LogP contribution in [0.1, 0.15) is 6.04 Å². The topological polar surface area (TPSA) is 72.6 Å². The fourth-order valence-corrected chi connectivity index (χ4v) is 2.67. The zero-order valence-corrected chi connectivity index (χ0v) is 12.5. The van der Waals surface area contributed by atoms with Crippen molar-refractivity contribution in [2.45, 2.75) is 12.1 Å². The SMILES string of the molecule is COc1cccc(OCCN2C[C@@H](O)[C@H](n3ccnn3)C2)c1. The third-order valence-corrected chi connectivity index (χ3v) is 3.83. The molecule has 1 aliphatic heterocycles. The summed E-state index contributed by atoms with van der Waals surface area (Å²) in [6.45, 7) is 2.67. The van der Waals surface area contributed by atoms with Gasteiger partial charge in [-0.3, -0.25) is 4.90 Å². The van der Waals surface area contributed by atoms with Crippen LogP contribution in [0.2, 0.25) is 0 Å². The van der Waals surface area contributed by atoms with E-state index in [0.29, 0.717) is 13.2 Å². The van der Waals surface area contributed by atoms with E-state index in [9.17, 15) is 5.11 Å². The summed E-state index contributed by atoms with van der Waals surface area (Å²) >= 11 is 0. The predicted octanol–water partition coefficient (Wildman–Crippen LogP) is 0.583. The van der Waals surface area contributed by atoms with Crippen molar-refractivity contribution in [1.82, 2.24) is 19.9 Å². The molecule has 1 aliphatic rings. The Morgan fingerprint density at radius 3 is 2.95 bits per heavy atom. The Morgan fingerprint density at radius 1 is 1.32 bits per heavy atom. The van der Waals surface area contributed by atoms with Crippen LogP contribution in [-0.4, -0.2) is 64.5 Å². The molecule has 2 heterocycles. The van der Waals surface area contributed by atoms with Crippen molar-refractivity contribution in [1.29, 1.82) is 0 Å². The van der Waals surface area contributed by atoms with E-state index in [4.69, 9.17) is 9.47 Å². The molecule has 0 aliphatic carbocycles. The van der Waals surface area contributed by atoms with Crippen molar-refractivity contribution in [3.63, 3.8) is 0 Å². The molecule has 1 aromatic heterocycles. The number of likely N-dealkylation sites (tertiary alicyclic amines) is 1. The number of methoxy groups -OCH3 is 1. The Morgan fingerprint density at radius 2 is 2.18 bits per heavy atom. The number of hydrogen-bond donors (Lipinski definition) is 1. The lowest BCUT2D eigenvalue weighted by molar-refractivity contribution is 0.136. The number of β-amino-alcohol motifs (C(OH)–C–C–N with tert-alkyl or cyclic N) is 1. The van der Waals surface area contributed by atoms with Crippen LogP contribution in [0, 0.1) is 0 Å². The Kier molecular flexibility index (Phi) is 4.55. The van der Waals surface area contributed by atoms with E-state index in [1.165, 1.54) is 0 Å². The summed E-state index contributed by atoms with van der Waals surface area (Å²) in [6, 6.07) is 7.50. The second-order valence-electron chi connectivity index (χ2n) is 5.30. The number of aromatic nitrogens is 3. The second kappa shape index (κ2) is 6.76. The van der Waals surface area contributed by atoms with Crippen LogP contribution in [0.5, 0.6) is 11.5 Å². The average Bonchev–Trinajstić information content (AvgIpc) is 3.17. The van der Waals surface area contributed by atoms with E-state index in [-0.39, 0.29) is 6.04 Å². The largest absolute Gasteiger partial charge is 0.497 e. The molecule has 3 rings (SSSR count). The normalized spacial score (nSPS) is 21.9. The fourth-order valence-electron chi connectivity index (χ4n) is 2.67. The number of rotatable bonds is 6. The van der Waals surface area contributed by atoms with Gasteiger partial charge in [-0.15, -0.1) is 5.10 Å². The number of hydrogen-bond acceptors (Lipinski definition) is 6. The first-order chi connectivity index (χ1) is 10.8. The van der Waals surface area contributed by atoms with Gasteiger partial charge < -0.3 is 14.6 Å². The highest BCUT2D eigenvalue weighted by atomic mass is 16.5. The molecule has 1 saturated heterocycles. The lowest BCUT2D eigenvalue weighted by Gasteiger charge is -2.16. The molecule has 0 saturated carbocycles. The first-order valence-electron chi connectivity index (χ1n) is 7.29. The number of ether oxygens (including phenoxy) is 2. The van der Waals surface area contributed by atoms with Gasteiger partial charge in [0.15, 0.2) is 0 Å². The first kappa shape index (κ1) is 14.8. The van der Waals surface area contributed by atoms with Gasteiger partial charge in [-0.2, -0.15) is 0 Å². The molecule has 22 heavy (non-hydrogen) atoms. The monoisotopic (exact) mass is 304 g/mol. The molecule has 0 bridgehead atoms. The summed E-state index contributed by atoms with van der Waals surface area (Å²) < 4.78 is 12.6. The molecule has 118 valence electrons. The molecule has 0 radical (unpaired) electrons. The van der Waals surface area contributed by atoms with E-state index in [2.05, 4.69) is 15.2 Å². The van der Waals surface area contributed by atoms with Gasteiger partial charge in [-0.25, -0.2) is 4.68 Å². The minimum Gasteiger partial charge on any atom is -0.497 e. The average molecular weight is 304 g/mol. The third kappa shape index (κ3) is 3.37. The van der Waals surface area contributed by atoms with Crippen molar-refractivity contribution in [3.05, 3.63) is 36.7 Å². The zero-order chi connectivity index (χ0) is 15.4. The second-order valence-corrected chi connectivity index (χ2v) is 5.30. The molecule has 0 spiro atoms. The smallest absolute Gasteiger partial charge is 0.123 e. The van der Waals surface area contributed by atoms with Gasteiger partial charge in [-0.05, 0) is 12.1 Å². The van der Waals surface area contributed by atoms with Gasteiger partial charge in [0.2, 0.25) is 0 Å². The van der Waals surface area contributed by atoms with Crippen molar-refractivity contribution in [2.75, 3.05) is 33.4 Å². The van der Waals surface area contributed by atoms with Crippen LogP contribution in [0.4, 0.5) is 0 Å². The third-order valence-electron chi connectivity index (χ3n) is 3.83. The lowest BCUT2D eigenvalue weighted by atomic mass is 10.2. The van der Waals surface area contributed by atoms with Crippen LogP contribution in [0.25, 0.3) is 0 Å². The number of nitrogens with zero attached hydrogens (tertiary/aromatic N) is 4. The van der Waals surface area contributed by atoms with Crippen molar-refractivity contribution >= 4 is 0 Å². The molecule has 0 amide bonds.